The molecule has 2 heterocycles. The van der Waals surface area contributed by atoms with Crippen LogP contribution in [-0.2, 0) is 15.7 Å². The van der Waals surface area contributed by atoms with Crippen molar-refractivity contribution in [3.05, 3.63) is 18.0 Å². The van der Waals surface area contributed by atoms with Crippen LogP contribution in [0.15, 0.2) is 12.4 Å². The highest BCUT2D eigenvalue weighted by atomic mass is 16.7. The second kappa shape index (κ2) is 4.55. The summed E-state index contributed by atoms with van der Waals surface area (Å²) in [4.78, 5) is 3.95. The molecule has 19 heavy (non-hydrogen) atoms. The Bertz CT molecular complexity index is 518. The fraction of sp³-hybridized carbons (Fsp3) is 0.500. The Labute approximate surface area is 114 Å². The van der Waals surface area contributed by atoms with Crippen LogP contribution in [0.5, 0.6) is 5.75 Å². The summed E-state index contributed by atoms with van der Waals surface area (Å²) >= 11 is 0. The summed E-state index contributed by atoms with van der Waals surface area (Å²) in [5, 5.41) is 10.0. The predicted molar refractivity (Wildman–Crippen MR) is 74.2 cm³/mol. The zero-order valence-corrected chi connectivity index (χ0v) is 11.7. The monoisotopic (exact) mass is 259 g/mol. The van der Waals surface area contributed by atoms with E-state index in [1.54, 1.807) is 6.20 Å². The third-order valence-corrected chi connectivity index (χ3v) is 3.83. The predicted octanol–water partition coefficient (Wildman–Crippen LogP) is 1.26. The summed E-state index contributed by atoms with van der Waals surface area (Å²) in [5.41, 5.74) is 0.411. The largest absolute Gasteiger partial charge is 0.507 e. The maximum Gasteiger partial charge on any atom is 0.499 e. The van der Waals surface area contributed by atoms with Gasteiger partial charge in [-0.05, 0) is 33.3 Å². The third-order valence-electron chi connectivity index (χ3n) is 3.83. The molecule has 0 saturated carbocycles. The Morgan fingerprint density at radius 1 is 1.26 bits per heavy atom. The number of rotatable bonds is 2. The van der Waals surface area contributed by atoms with Crippen LogP contribution >= 0.6 is 0 Å². The number of nitrogens with zero attached hydrogens (tertiary/aromatic N) is 1. The quantitative estimate of drug-likeness (QED) is 0.641. The summed E-state index contributed by atoms with van der Waals surface area (Å²) in [5.74, 6) is 2.60. The molecule has 0 radical (unpaired) electrons. The van der Waals surface area contributed by atoms with E-state index in [4.69, 9.17) is 15.7 Å². The number of aromatic hydroxyl groups is 1. The molecule has 100 valence electrons. The van der Waals surface area contributed by atoms with Crippen molar-refractivity contribution in [2.45, 2.75) is 45.3 Å². The summed E-state index contributed by atoms with van der Waals surface area (Å²) < 4.78 is 11.9. The van der Waals surface area contributed by atoms with E-state index in [-0.39, 0.29) is 5.75 Å². The van der Waals surface area contributed by atoms with Crippen molar-refractivity contribution < 1.29 is 14.4 Å². The van der Waals surface area contributed by atoms with Gasteiger partial charge in [0, 0.05) is 18.1 Å². The van der Waals surface area contributed by atoms with Crippen LogP contribution in [0, 0.1) is 12.3 Å². The first kappa shape index (κ1) is 13.9. The van der Waals surface area contributed by atoms with Gasteiger partial charge in [-0.25, -0.2) is 0 Å². The molecule has 1 aliphatic rings. The summed E-state index contributed by atoms with van der Waals surface area (Å²) in [6.45, 7) is 7.86. The van der Waals surface area contributed by atoms with Crippen LogP contribution in [0.25, 0.3) is 0 Å². The Kier molecular flexibility index (Phi) is 3.33. The molecule has 1 N–H and O–H groups in total. The van der Waals surface area contributed by atoms with Crippen LogP contribution in [0.3, 0.4) is 0 Å². The van der Waals surface area contributed by atoms with Gasteiger partial charge < -0.3 is 14.4 Å². The molecule has 0 unspecified atom stereocenters. The van der Waals surface area contributed by atoms with Gasteiger partial charge in [0.15, 0.2) is 0 Å². The SMILES string of the molecule is C#CCc1cncc(O)c1B1OC(C)(C)C(C)(C)O1. The molecule has 1 aromatic rings. The Morgan fingerprint density at radius 2 is 1.84 bits per heavy atom. The second-order valence-electron chi connectivity index (χ2n) is 5.70. The average molecular weight is 259 g/mol. The topological polar surface area (TPSA) is 51.6 Å². The minimum atomic E-state index is -0.628. The van der Waals surface area contributed by atoms with Gasteiger partial charge in [0.2, 0.25) is 0 Å². The molecule has 0 atom stereocenters. The van der Waals surface area contributed by atoms with Crippen LogP contribution in [0.4, 0.5) is 0 Å². The maximum atomic E-state index is 10.0. The van der Waals surface area contributed by atoms with Crippen molar-refractivity contribution in [2.75, 3.05) is 0 Å². The van der Waals surface area contributed by atoms with E-state index >= 15 is 0 Å². The van der Waals surface area contributed by atoms with E-state index in [2.05, 4.69) is 10.9 Å². The van der Waals surface area contributed by atoms with E-state index in [0.717, 1.165) is 5.56 Å². The lowest BCUT2D eigenvalue weighted by atomic mass is 9.75. The van der Waals surface area contributed by atoms with Gasteiger partial charge in [-0.15, -0.1) is 12.3 Å². The molecule has 1 saturated heterocycles. The van der Waals surface area contributed by atoms with Gasteiger partial charge in [0.25, 0.3) is 0 Å². The van der Waals surface area contributed by atoms with Crippen LogP contribution in [0.2, 0.25) is 0 Å². The summed E-state index contributed by atoms with van der Waals surface area (Å²) in [6.07, 6.45) is 8.73. The summed E-state index contributed by atoms with van der Waals surface area (Å²) in [7, 11) is -0.628. The fourth-order valence-corrected chi connectivity index (χ4v) is 1.99. The molecule has 1 aliphatic heterocycles. The highest BCUT2D eigenvalue weighted by Gasteiger charge is 2.52. The van der Waals surface area contributed by atoms with Gasteiger partial charge in [-0.2, -0.15) is 0 Å². The molecule has 0 aromatic carbocycles. The van der Waals surface area contributed by atoms with Crippen molar-refractivity contribution in [1.29, 1.82) is 0 Å². The van der Waals surface area contributed by atoms with Crippen molar-refractivity contribution >= 4 is 12.6 Å². The Hall–Kier alpha value is -1.51. The first-order valence-corrected chi connectivity index (χ1v) is 6.23. The maximum absolute atomic E-state index is 10.0. The first-order valence-electron chi connectivity index (χ1n) is 6.23. The van der Waals surface area contributed by atoms with Gasteiger partial charge in [-0.1, -0.05) is 0 Å². The number of hydrogen-bond donors (Lipinski definition) is 1. The van der Waals surface area contributed by atoms with E-state index in [0.29, 0.717) is 11.9 Å². The standard InChI is InChI=1S/C14H18BNO3/c1-6-7-10-8-16-9-11(17)12(10)15-18-13(2,3)14(4,5)19-15/h1,8-9,17H,7H2,2-5H3. The normalized spacial score (nSPS) is 20.3. The number of hydrogen-bond acceptors (Lipinski definition) is 4. The molecule has 4 nitrogen and oxygen atoms in total. The van der Waals surface area contributed by atoms with Crippen LogP contribution in [0.1, 0.15) is 33.3 Å². The molecule has 0 amide bonds. The van der Waals surface area contributed by atoms with E-state index in [1.807, 2.05) is 27.7 Å². The highest BCUT2D eigenvalue weighted by Crippen LogP contribution is 2.37. The molecule has 1 fully saturated rings. The molecule has 0 bridgehead atoms. The smallest absolute Gasteiger partial charge is 0.499 e. The van der Waals surface area contributed by atoms with E-state index in [9.17, 15) is 5.11 Å². The number of aromatic nitrogens is 1. The fourth-order valence-electron chi connectivity index (χ4n) is 1.99. The van der Waals surface area contributed by atoms with Crippen molar-refractivity contribution in [3.8, 4) is 18.1 Å². The van der Waals surface area contributed by atoms with Crippen LogP contribution < -0.4 is 5.46 Å². The zero-order chi connectivity index (χ0) is 14.3. The third kappa shape index (κ3) is 2.34. The minimum absolute atomic E-state index is 0.0475. The lowest BCUT2D eigenvalue weighted by Crippen LogP contribution is -2.41. The van der Waals surface area contributed by atoms with Gasteiger partial charge >= 0.3 is 7.12 Å². The number of pyridine rings is 1. The van der Waals surface area contributed by atoms with Gasteiger partial charge in [0.05, 0.1) is 17.4 Å². The molecular weight excluding hydrogens is 241 g/mol. The molecular formula is C14H18BNO3. The molecule has 1 aromatic heterocycles. The van der Waals surface area contributed by atoms with Gasteiger partial charge in [0.1, 0.15) is 5.75 Å². The second-order valence-corrected chi connectivity index (χ2v) is 5.70. The first-order chi connectivity index (χ1) is 8.78. The molecule has 5 heteroatoms. The summed E-state index contributed by atoms with van der Waals surface area (Å²) in [6, 6.07) is 0. The van der Waals surface area contributed by atoms with Crippen molar-refractivity contribution in [2.24, 2.45) is 0 Å². The average Bonchev–Trinajstić information content (AvgIpc) is 2.48. The Morgan fingerprint density at radius 3 is 2.37 bits per heavy atom. The molecule has 0 spiro atoms. The minimum Gasteiger partial charge on any atom is -0.507 e. The molecule has 0 aliphatic carbocycles. The van der Waals surface area contributed by atoms with Crippen LogP contribution in [-0.4, -0.2) is 28.4 Å². The lowest BCUT2D eigenvalue weighted by molar-refractivity contribution is 0.00578. The lowest BCUT2D eigenvalue weighted by Gasteiger charge is -2.32. The van der Waals surface area contributed by atoms with Crippen molar-refractivity contribution in [3.63, 3.8) is 0 Å². The zero-order valence-electron chi connectivity index (χ0n) is 11.7. The van der Waals surface area contributed by atoms with E-state index < -0.39 is 18.3 Å². The Balaban J connectivity index is 2.42. The van der Waals surface area contributed by atoms with E-state index in [1.165, 1.54) is 6.20 Å². The van der Waals surface area contributed by atoms with Gasteiger partial charge in [-0.3, -0.25) is 4.98 Å². The highest BCUT2D eigenvalue weighted by molar-refractivity contribution is 6.63. The molecule has 2 rings (SSSR count). The van der Waals surface area contributed by atoms with Crippen molar-refractivity contribution in [1.82, 2.24) is 4.98 Å². The number of terminal acetylenes is 1.